The number of alkyl halides is 3. The van der Waals surface area contributed by atoms with E-state index < -0.39 is 17.9 Å². The van der Waals surface area contributed by atoms with Gasteiger partial charge in [-0.15, -0.1) is 10.2 Å². The molecule has 1 amide bonds. The third kappa shape index (κ3) is 3.32. The van der Waals surface area contributed by atoms with Crippen LogP contribution in [0.15, 0.2) is 0 Å². The van der Waals surface area contributed by atoms with Gasteiger partial charge >= 0.3 is 6.18 Å². The quantitative estimate of drug-likeness (QED) is 0.706. The van der Waals surface area contributed by atoms with Gasteiger partial charge in [-0.25, -0.2) is 4.98 Å². The molecule has 2 rings (SSSR count). The summed E-state index contributed by atoms with van der Waals surface area (Å²) >= 11 is 3.93. The molecule has 21 heavy (non-hydrogen) atoms. The van der Waals surface area contributed by atoms with Crippen molar-refractivity contribution in [3.63, 3.8) is 0 Å². The number of aromatic amines is 1. The van der Waals surface area contributed by atoms with E-state index >= 15 is 0 Å². The van der Waals surface area contributed by atoms with Crippen molar-refractivity contribution in [1.82, 2.24) is 35.3 Å². The molecule has 0 aliphatic rings. The first-order valence-corrected chi connectivity index (χ1v) is 6.29. The van der Waals surface area contributed by atoms with Gasteiger partial charge < -0.3 is 5.32 Å². The highest BCUT2D eigenvalue weighted by Gasteiger charge is 2.35. The van der Waals surface area contributed by atoms with Crippen LogP contribution in [0.3, 0.4) is 0 Å². The van der Waals surface area contributed by atoms with E-state index in [9.17, 15) is 18.0 Å². The van der Waals surface area contributed by atoms with Gasteiger partial charge in [0, 0.05) is 12.3 Å². The Morgan fingerprint density at radius 1 is 1.43 bits per heavy atom. The molecule has 8 nitrogen and oxygen atoms in total. The van der Waals surface area contributed by atoms with Crippen molar-refractivity contribution in [1.29, 1.82) is 0 Å². The number of thiol groups is 1. The molecule has 0 radical (unpaired) electrons. The first-order valence-electron chi connectivity index (χ1n) is 5.65. The van der Waals surface area contributed by atoms with E-state index in [-0.39, 0.29) is 17.6 Å². The largest absolute Gasteiger partial charge is 0.451 e. The number of halogens is 3. The molecular weight excluding hydrogens is 311 g/mol. The first kappa shape index (κ1) is 15.3. The zero-order chi connectivity index (χ0) is 15.6. The van der Waals surface area contributed by atoms with E-state index in [1.54, 1.807) is 5.10 Å². The molecule has 12 heteroatoms. The van der Waals surface area contributed by atoms with Crippen LogP contribution in [0.5, 0.6) is 0 Å². The predicted molar refractivity (Wildman–Crippen MR) is 67.2 cm³/mol. The van der Waals surface area contributed by atoms with Crippen LogP contribution in [0.25, 0.3) is 5.95 Å². The number of carbonyl (C=O) groups excluding carboxylic acids is 1. The number of aromatic nitrogens is 6. The number of hydrogen-bond acceptors (Lipinski definition) is 6. The third-order valence-corrected chi connectivity index (χ3v) is 2.52. The van der Waals surface area contributed by atoms with Crippen molar-refractivity contribution in [2.24, 2.45) is 0 Å². The monoisotopic (exact) mass is 321 g/mol. The van der Waals surface area contributed by atoms with E-state index in [1.165, 1.54) is 6.92 Å². The van der Waals surface area contributed by atoms with Gasteiger partial charge in [-0.05, 0) is 6.92 Å². The molecule has 0 aromatic carbocycles. The molecule has 0 aliphatic carbocycles. The molecular formula is C9H10F3N7OS. The van der Waals surface area contributed by atoms with Gasteiger partial charge in [0.2, 0.25) is 11.6 Å². The number of nitrogens with zero attached hydrogens (tertiary/aromatic N) is 5. The average Bonchev–Trinajstić information content (AvgIpc) is 3.01. The van der Waals surface area contributed by atoms with Gasteiger partial charge in [-0.2, -0.15) is 35.5 Å². The molecule has 0 atom stereocenters. The van der Waals surface area contributed by atoms with E-state index in [2.05, 4.69) is 38.1 Å². The number of carbonyl (C=O) groups is 1. The maximum Gasteiger partial charge on any atom is 0.451 e. The lowest BCUT2D eigenvalue weighted by Crippen LogP contribution is -2.26. The molecule has 0 bridgehead atoms. The fourth-order valence-electron chi connectivity index (χ4n) is 1.40. The summed E-state index contributed by atoms with van der Waals surface area (Å²) in [7, 11) is 0. The molecule has 0 fully saturated rings. The van der Waals surface area contributed by atoms with Gasteiger partial charge in [0.1, 0.15) is 5.82 Å². The highest BCUT2D eigenvalue weighted by atomic mass is 32.1. The number of aryl methyl sites for hydroxylation is 1. The molecule has 114 valence electrons. The predicted octanol–water partition coefficient (Wildman–Crippen LogP) is 0.372. The van der Waals surface area contributed by atoms with Crippen molar-refractivity contribution < 1.29 is 18.0 Å². The standard InChI is InChI=1S/C9H10F3N7OS/c1-4-14-5(6(20)13-2-3-21)18-19(4)8-15-7(16-17-8)9(10,11)12/h21H,2-3H2,1H3,(H,13,20)(H,15,16,17). The minimum Gasteiger partial charge on any atom is -0.348 e. The molecule has 2 aromatic heterocycles. The van der Waals surface area contributed by atoms with Gasteiger partial charge in [0.05, 0.1) is 0 Å². The molecule has 0 saturated heterocycles. The van der Waals surface area contributed by atoms with E-state index in [0.29, 0.717) is 12.3 Å². The van der Waals surface area contributed by atoms with Crippen molar-refractivity contribution >= 4 is 18.5 Å². The van der Waals surface area contributed by atoms with Crippen LogP contribution in [0.2, 0.25) is 0 Å². The summed E-state index contributed by atoms with van der Waals surface area (Å²) in [6.45, 7) is 1.78. The molecule has 2 aromatic rings. The van der Waals surface area contributed by atoms with E-state index in [4.69, 9.17) is 0 Å². The highest BCUT2D eigenvalue weighted by molar-refractivity contribution is 7.80. The lowest BCUT2D eigenvalue weighted by Gasteiger charge is -1.99. The fourth-order valence-corrected chi connectivity index (χ4v) is 1.51. The fraction of sp³-hybridized carbons (Fsp3) is 0.444. The SMILES string of the molecule is Cc1nc(C(=O)NCCS)nn1-c1n[nH]c(C(F)(F)F)n1. The van der Waals surface area contributed by atoms with Crippen molar-refractivity contribution in [3.05, 3.63) is 17.5 Å². The average molecular weight is 321 g/mol. The summed E-state index contributed by atoms with van der Waals surface area (Å²) < 4.78 is 38.3. The number of amides is 1. The first-order chi connectivity index (χ1) is 9.82. The Kier molecular flexibility index (Phi) is 4.16. The van der Waals surface area contributed by atoms with Gasteiger partial charge in [0.25, 0.3) is 11.9 Å². The number of rotatable bonds is 4. The van der Waals surface area contributed by atoms with Gasteiger partial charge in [-0.1, -0.05) is 0 Å². The summed E-state index contributed by atoms with van der Waals surface area (Å²) in [6, 6.07) is 0. The Labute approximate surface area is 121 Å². The van der Waals surface area contributed by atoms with E-state index in [0.717, 1.165) is 4.68 Å². The number of H-pyrrole nitrogens is 1. The lowest BCUT2D eigenvalue weighted by atomic mass is 10.5. The summed E-state index contributed by atoms with van der Waals surface area (Å²) in [4.78, 5) is 18.8. The second-order valence-corrected chi connectivity index (χ2v) is 4.30. The molecule has 2 heterocycles. The second-order valence-electron chi connectivity index (χ2n) is 3.86. The zero-order valence-corrected chi connectivity index (χ0v) is 11.5. The Balaban J connectivity index is 2.27. The summed E-state index contributed by atoms with van der Waals surface area (Å²) in [5.74, 6) is -1.74. The van der Waals surface area contributed by atoms with Crippen LogP contribution < -0.4 is 5.32 Å². The Morgan fingerprint density at radius 3 is 2.71 bits per heavy atom. The third-order valence-electron chi connectivity index (χ3n) is 2.30. The topological polar surface area (TPSA) is 101 Å². The molecule has 0 aliphatic heterocycles. The van der Waals surface area contributed by atoms with Crippen molar-refractivity contribution in [2.75, 3.05) is 12.3 Å². The van der Waals surface area contributed by atoms with Crippen LogP contribution in [0.4, 0.5) is 13.2 Å². The lowest BCUT2D eigenvalue weighted by molar-refractivity contribution is -0.144. The number of nitrogens with one attached hydrogen (secondary N) is 2. The highest BCUT2D eigenvalue weighted by Crippen LogP contribution is 2.26. The summed E-state index contributed by atoms with van der Waals surface area (Å²) in [5.41, 5.74) is 0. The van der Waals surface area contributed by atoms with Crippen LogP contribution >= 0.6 is 12.6 Å². The minimum atomic E-state index is -4.65. The van der Waals surface area contributed by atoms with Gasteiger partial charge in [-0.3, -0.25) is 9.89 Å². The van der Waals surface area contributed by atoms with Crippen LogP contribution in [-0.4, -0.2) is 48.2 Å². The van der Waals surface area contributed by atoms with Crippen molar-refractivity contribution in [3.8, 4) is 5.95 Å². The summed E-state index contributed by atoms with van der Waals surface area (Å²) in [6.07, 6.45) is -4.65. The Hall–Kier alpha value is -2.11. The Morgan fingerprint density at radius 2 is 2.14 bits per heavy atom. The molecule has 0 saturated carbocycles. The van der Waals surface area contributed by atoms with Crippen LogP contribution in [0.1, 0.15) is 22.3 Å². The molecule has 0 unspecified atom stereocenters. The smallest absolute Gasteiger partial charge is 0.348 e. The summed E-state index contributed by atoms with van der Waals surface area (Å²) in [5, 5.41) is 11.4. The van der Waals surface area contributed by atoms with Crippen LogP contribution in [-0.2, 0) is 6.18 Å². The van der Waals surface area contributed by atoms with Crippen LogP contribution in [0, 0.1) is 6.92 Å². The van der Waals surface area contributed by atoms with E-state index in [1.807, 2.05) is 0 Å². The molecule has 0 spiro atoms. The Bertz CT molecular complexity index is 650. The number of hydrogen-bond donors (Lipinski definition) is 3. The maximum atomic E-state index is 12.4. The van der Waals surface area contributed by atoms with Crippen molar-refractivity contribution in [2.45, 2.75) is 13.1 Å². The molecule has 2 N–H and O–H groups in total. The minimum absolute atomic E-state index is 0.179. The normalized spacial score (nSPS) is 11.7. The second kappa shape index (κ2) is 5.71. The maximum absolute atomic E-state index is 12.4. The zero-order valence-electron chi connectivity index (χ0n) is 10.6. The van der Waals surface area contributed by atoms with Gasteiger partial charge in [0.15, 0.2) is 0 Å².